The van der Waals surface area contributed by atoms with Gasteiger partial charge in [0.1, 0.15) is 5.82 Å². The molecule has 1 aromatic carbocycles. The monoisotopic (exact) mass is 304 g/mol. The molecule has 2 aliphatic rings. The van der Waals surface area contributed by atoms with E-state index in [1.807, 2.05) is 12.1 Å². The van der Waals surface area contributed by atoms with E-state index in [4.69, 9.17) is 0 Å². The molecule has 1 aromatic rings. The number of amides is 1. The Morgan fingerprint density at radius 1 is 1.23 bits per heavy atom. The van der Waals surface area contributed by atoms with Crippen molar-refractivity contribution >= 4 is 5.91 Å². The minimum atomic E-state index is -0.173. The summed E-state index contributed by atoms with van der Waals surface area (Å²) >= 11 is 0. The standard InChI is InChI=1S/C18H25FN2O/c1-2-15-8-5-12-21(15)18(22)17-10-6-11-20(17)13-14-7-3-4-9-16(14)19/h3-4,7,9,15,17H,2,5-6,8,10-13H2,1H3. The van der Waals surface area contributed by atoms with Gasteiger partial charge in [0.25, 0.3) is 0 Å². The third-order valence-corrected chi connectivity index (χ3v) is 5.11. The van der Waals surface area contributed by atoms with Crippen LogP contribution in [-0.2, 0) is 11.3 Å². The molecule has 3 rings (SSSR count). The van der Waals surface area contributed by atoms with Gasteiger partial charge in [-0.1, -0.05) is 25.1 Å². The summed E-state index contributed by atoms with van der Waals surface area (Å²) in [5.74, 6) is 0.0893. The Labute approximate surface area is 132 Å². The zero-order chi connectivity index (χ0) is 15.5. The summed E-state index contributed by atoms with van der Waals surface area (Å²) < 4.78 is 13.9. The summed E-state index contributed by atoms with van der Waals surface area (Å²) in [6.45, 7) is 4.46. The van der Waals surface area contributed by atoms with Gasteiger partial charge in [-0.25, -0.2) is 4.39 Å². The summed E-state index contributed by atoms with van der Waals surface area (Å²) in [6, 6.07) is 7.23. The van der Waals surface area contributed by atoms with Gasteiger partial charge in [0.15, 0.2) is 0 Å². The Kier molecular flexibility index (Phi) is 4.77. The van der Waals surface area contributed by atoms with Gasteiger partial charge in [-0.05, 0) is 44.7 Å². The largest absolute Gasteiger partial charge is 0.338 e. The average molecular weight is 304 g/mol. The van der Waals surface area contributed by atoms with Crippen molar-refractivity contribution < 1.29 is 9.18 Å². The zero-order valence-electron chi connectivity index (χ0n) is 13.3. The number of hydrogen-bond donors (Lipinski definition) is 0. The van der Waals surface area contributed by atoms with Gasteiger partial charge in [0.2, 0.25) is 5.91 Å². The van der Waals surface area contributed by atoms with Crippen molar-refractivity contribution in [3.63, 3.8) is 0 Å². The van der Waals surface area contributed by atoms with Gasteiger partial charge in [-0.15, -0.1) is 0 Å². The van der Waals surface area contributed by atoms with Gasteiger partial charge >= 0.3 is 0 Å². The molecule has 2 unspecified atom stereocenters. The summed E-state index contributed by atoms with van der Waals surface area (Å²) in [6.07, 6.45) is 5.20. The van der Waals surface area contributed by atoms with Crippen LogP contribution >= 0.6 is 0 Å². The first kappa shape index (κ1) is 15.5. The SMILES string of the molecule is CCC1CCCN1C(=O)C1CCCN1Cc1ccccc1F. The molecule has 2 aliphatic heterocycles. The summed E-state index contributed by atoms with van der Waals surface area (Å²) in [5, 5.41) is 0. The van der Waals surface area contributed by atoms with Gasteiger partial charge in [0, 0.05) is 24.7 Å². The first-order chi connectivity index (χ1) is 10.7. The van der Waals surface area contributed by atoms with Crippen molar-refractivity contribution in [2.75, 3.05) is 13.1 Å². The Balaban J connectivity index is 1.70. The van der Waals surface area contributed by atoms with Crippen LogP contribution in [0.1, 0.15) is 44.6 Å². The van der Waals surface area contributed by atoms with Crippen molar-refractivity contribution in [3.8, 4) is 0 Å². The van der Waals surface area contributed by atoms with Crippen LogP contribution in [0.25, 0.3) is 0 Å². The molecule has 120 valence electrons. The minimum Gasteiger partial charge on any atom is -0.338 e. The molecule has 4 heteroatoms. The molecular formula is C18H25FN2O. The molecule has 0 radical (unpaired) electrons. The van der Waals surface area contributed by atoms with E-state index < -0.39 is 0 Å². The summed E-state index contributed by atoms with van der Waals surface area (Å²) in [4.78, 5) is 17.1. The third kappa shape index (κ3) is 3.02. The van der Waals surface area contributed by atoms with E-state index >= 15 is 0 Å². The predicted octanol–water partition coefficient (Wildman–Crippen LogP) is 3.19. The highest BCUT2D eigenvalue weighted by Gasteiger charge is 2.37. The lowest BCUT2D eigenvalue weighted by Gasteiger charge is -2.31. The third-order valence-electron chi connectivity index (χ3n) is 5.11. The van der Waals surface area contributed by atoms with Crippen LogP contribution in [0.2, 0.25) is 0 Å². The van der Waals surface area contributed by atoms with Crippen molar-refractivity contribution in [2.24, 2.45) is 0 Å². The number of carbonyl (C=O) groups excluding carboxylic acids is 1. The van der Waals surface area contributed by atoms with Crippen LogP contribution in [-0.4, -0.2) is 40.9 Å². The first-order valence-electron chi connectivity index (χ1n) is 8.48. The smallest absolute Gasteiger partial charge is 0.240 e. The second-order valence-electron chi connectivity index (χ2n) is 6.46. The molecule has 1 amide bonds. The van der Waals surface area contributed by atoms with Crippen LogP contribution in [0.15, 0.2) is 24.3 Å². The first-order valence-corrected chi connectivity index (χ1v) is 8.48. The molecular weight excluding hydrogens is 279 g/mol. The van der Waals surface area contributed by atoms with Gasteiger partial charge in [0.05, 0.1) is 6.04 Å². The van der Waals surface area contributed by atoms with E-state index in [9.17, 15) is 9.18 Å². The maximum absolute atomic E-state index is 13.9. The molecule has 0 saturated carbocycles. The lowest BCUT2D eigenvalue weighted by Crippen LogP contribution is -2.47. The molecule has 2 fully saturated rings. The van der Waals surface area contributed by atoms with Crippen molar-refractivity contribution in [1.29, 1.82) is 0 Å². The lowest BCUT2D eigenvalue weighted by atomic mass is 10.1. The Morgan fingerprint density at radius 2 is 2.00 bits per heavy atom. The Morgan fingerprint density at radius 3 is 2.77 bits per heavy atom. The number of hydrogen-bond acceptors (Lipinski definition) is 2. The van der Waals surface area contributed by atoms with Gasteiger partial charge < -0.3 is 4.90 Å². The van der Waals surface area contributed by atoms with Crippen molar-refractivity contribution in [1.82, 2.24) is 9.80 Å². The topological polar surface area (TPSA) is 23.6 Å². The molecule has 0 bridgehead atoms. The van der Waals surface area contributed by atoms with E-state index in [-0.39, 0.29) is 17.8 Å². The second-order valence-corrected chi connectivity index (χ2v) is 6.46. The molecule has 0 aromatic heterocycles. The molecule has 2 heterocycles. The predicted molar refractivity (Wildman–Crippen MR) is 84.9 cm³/mol. The van der Waals surface area contributed by atoms with E-state index in [0.29, 0.717) is 18.2 Å². The highest BCUT2D eigenvalue weighted by Crippen LogP contribution is 2.27. The number of benzene rings is 1. The van der Waals surface area contributed by atoms with Crippen LogP contribution < -0.4 is 0 Å². The quantitative estimate of drug-likeness (QED) is 0.853. The maximum Gasteiger partial charge on any atom is 0.240 e. The fraction of sp³-hybridized carbons (Fsp3) is 0.611. The number of halogens is 1. The summed E-state index contributed by atoms with van der Waals surface area (Å²) in [5.41, 5.74) is 0.690. The molecule has 22 heavy (non-hydrogen) atoms. The summed E-state index contributed by atoms with van der Waals surface area (Å²) in [7, 11) is 0. The molecule has 0 spiro atoms. The molecule has 2 saturated heterocycles. The van der Waals surface area contributed by atoms with E-state index in [1.54, 1.807) is 6.07 Å². The normalized spacial score (nSPS) is 25.8. The number of likely N-dealkylation sites (tertiary alicyclic amines) is 2. The van der Waals surface area contributed by atoms with E-state index in [0.717, 1.165) is 45.2 Å². The number of rotatable bonds is 4. The average Bonchev–Trinajstić information content (AvgIpc) is 3.17. The molecule has 0 aliphatic carbocycles. The highest BCUT2D eigenvalue weighted by molar-refractivity contribution is 5.82. The Hall–Kier alpha value is -1.42. The lowest BCUT2D eigenvalue weighted by molar-refractivity contribution is -0.137. The Bertz CT molecular complexity index is 534. The van der Waals surface area contributed by atoms with Crippen LogP contribution in [0.5, 0.6) is 0 Å². The van der Waals surface area contributed by atoms with Crippen molar-refractivity contribution in [2.45, 2.75) is 57.7 Å². The molecule has 2 atom stereocenters. The van der Waals surface area contributed by atoms with Crippen molar-refractivity contribution in [3.05, 3.63) is 35.6 Å². The fourth-order valence-electron chi connectivity index (χ4n) is 3.88. The fourth-order valence-corrected chi connectivity index (χ4v) is 3.88. The van der Waals surface area contributed by atoms with E-state index in [2.05, 4.69) is 16.7 Å². The molecule has 0 N–H and O–H groups in total. The highest BCUT2D eigenvalue weighted by atomic mass is 19.1. The number of carbonyl (C=O) groups is 1. The molecule has 3 nitrogen and oxygen atoms in total. The minimum absolute atomic E-state index is 0.0632. The van der Waals surface area contributed by atoms with Crippen LogP contribution in [0.4, 0.5) is 4.39 Å². The van der Waals surface area contributed by atoms with Gasteiger partial charge in [-0.2, -0.15) is 0 Å². The van der Waals surface area contributed by atoms with Gasteiger partial charge in [-0.3, -0.25) is 9.69 Å². The van der Waals surface area contributed by atoms with Crippen LogP contribution in [0, 0.1) is 5.82 Å². The number of nitrogens with zero attached hydrogens (tertiary/aromatic N) is 2. The zero-order valence-corrected chi connectivity index (χ0v) is 13.3. The van der Waals surface area contributed by atoms with Crippen LogP contribution in [0.3, 0.4) is 0 Å². The maximum atomic E-state index is 13.9. The second kappa shape index (κ2) is 6.78. The van der Waals surface area contributed by atoms with E-state index in [1.165, 1.54) is 6.07 Å².